The Bertz CT molecular complexity index is 1490. The number of anilines is 1. The summed E-state index contributed by atoms with van der Waals surface area (Å²) in [6.45, 7) is 2.03. The summed E-state index contributed by atoms with van der Waals surface area (Å²) < 4.78 is 29.6. The number of imide groups is 2. The van der Waals surface area contributed by atoms with Crippen LogP contribution in [0.15, 0.2) is 66.2 Å². The van der Waals surface area contributed by atoms with E-state index >= 15 is 0 Å². The number of methoxy groups -OCH3 is 1. The molecule has 4 rings (SSSR count). The lowest BCUT2D eigenvalue weighted by molar-refractivity contribution is -0.122. The molecule has 1 aliphatic rings. The summed E-state index contributed by atoms with van der Waals surface area (Å²) in [7, 11) is 1.23. The van der Waals surface area contributed by atoms with Crippen LogP contribution < -0.4 is 19.7 Å². The van der Waals surface area contributed by atoms with Crippen LogP contribution in [-0.4, -0.2) is 37.5 Å². The molecule has 11 heteroatoms. The summed E-state index contributed by atoms with van der Waals surface area (Å²) in [5.41, 5.74) is 0.927. The number of urea groups is 1. The first kappa shape index (κ1) is 27.3. The Labute approximate surface area is 227 Å². The van der Waals surface area contributed by atoms with Crippen molar-refractivity contribution in [3.05, 3.63) is 93.8 Å². The number of hydrogen-bond acceptors (Lipinski definition) is 7. The largest absolute Gasteiger partial charge is 0.490 e. The summed E-state index contributed by atoms with van der Waals surface area (Å²) >= 11 is 6.46. The smallest absolute Gasteiger partial charge is 0.337 e. The van der Waals surface area contributed by atoms with Gasteiger partial charge in [-0.2, -0.15) is 0 Å². The molecular formula is C28H22ClFN2O7. The minimum atomic E-state index is -0.942. The van der Waals surface area contributed by atoms with Crippen molar-refractivity contribution in [2.45, 2.75) is 13.5 Å². The molecule has 1 fully saturated rings. The van der Waals surface area contributed by atoms with Gasteiger partial charge >= 0.3 is 12.0 Å². The number of nitrogens with zero attached hydrogens (tertiary/aromatic N) is 1. The van der Waals surface area contributed by atoms with Gasteiger partial charge in [-0.1, -0.05) is 23.7 Å². The maximum absolute atomic E-state index is 13.5. The Morgan fingerprint density at radius 1 is 1.05 bits per heavy atom. The molecular weight excluding hydrogens is 531 g/mol. The van der Waals surface area contributed by atoms with E-state index < -0.39 is 29.6 Å². The molecule has 1 heterocycles. The number of ether oxygens (including phenoxy) is 3. The predicted molar refractivity (Wildman–Crippen MR) is 140 cm³/mol. The lowest BCUT2D eigenvalue weighted by Crippen LogP contribution is -2.54. The van der Waals surface area contributed by atoms with E-state index in [9.17, 15) is 23.6 Å². The molecule has 1 N–H and O–H groups in total. The minimum absolute atomic E-state index is 0.0186. The van der Waals surface area contributed by atoms with Crippen molar-refractivity contribution in [3.63, 3.8) is 0 Å². The van der Waals surface area contributed by atoms with Gasteiger partial charge in [0.05, 0.1) is 30.0 Å². The van der Waals surface area contributed by atoms with Crippen LogP contribution in [0.4, 0.5) is 14.9 Å². The predicted octanol–water partition coefficient (Wildman–Crippen LogP) is 4.91. The number of carbonyl (C=O) groups is 4. The van der Waals surface area contributed by atoms with E-state index in [4.69, 9.17) is 21.1 Å². The minimum Gasteiger partial charge on any atom is -0.490 e. The Kier molecular flexibility index (Phi) is 8.26. The number of hydrogen-bond donors (Lipinski definition) is 1. The van der Waals surface area contributed by atoms with E-state index in [0.29, 0.717) is 11.1 Å². The molecule has 0 spiro atoms. The highest BCUT2D eigenvalue weighted by molar-refractivity contribution is 6.39. The van der Waals surface area contributed by atoms with Gasteiger partial charge in [0, 0.05) is 0 Å². The molecule has 0 radical (unpaired) electrons. The van der Waals surface area contributed by atoms with Crippen molar-refractivity contribution >= 4 is 47.2 Å². The molecule has 3 aromatic rings. The molecule has 9 nitrogen and oxygen atoms in total. The quantitative estimate of drug-likeness (QED) is 0.240. The molecule has 0 aliphatic carbocycles. The van der Waals surface area contributed by atoms with Crippen molar-refractivity contribution in [1.82, 2.24) is 5.32 Å². The molecule has 200 valence electrons. The average molecular weight is 553 g/mol. The standard InChI is InChI=1S/C28H22ClFN2O7/c1-3-38-23-14-17(13-22(29)24(23)39-15-16-5-4-6-19(30)11-16)12-21-25(33)31-28(36)32(26(21)34)20-9-7-18(8-10-20)27(35)37-2/h4-14H,3,15H2,1-2H3,(H,31,33,36)/b21-12+. The van der Waals surface area contributed by atoms with Crippen molar-refractivity contribution < 1.29 is 37.8 Å². The number of halogens is 2. The fraction of sp³-hybridized carbons (Fsp3) is 0.143. The van der Waals surface area contributed by atoms with Gasteiger partial charge in [0.2, 0.25) is 0 Å². The third-order valence-electron chi connectivity index (χ3n) is 5.56. The summed E-state index contributed by atoms with van der Waals surface area (Å²) in [6.07, 6.45) is 1.27. The van der Waals surface area contributed by atoms with Crippen LogP contribution in [0.25, 0.3) is 6.08 Å². The number of rotatable bonds is 8. The monoisotopic (exact) mass is 552 g/mol. The molecule has 4 amide bonds. The van der Waals surface area contributed by atoms with Crippen LogP contribution in [0.5, 0.6) is 11.5 Å². The first-order valence-corrected chi connectivity index (χ1v) is 12.0. The topological polar surface area (TPSA) is 111 Å². The first-order valence-electron chi connectivity index (χ1n) is 11.6. The van der Waals surface area contributed by atoms with E-state index in [-0.39, 0.29) is 46.6 Å². The van der Waals surface area contributed by atoms with Crippen molar-refractivity contribution in [3.8, 4) is 11.5 Å². The fourth-order valence-electron chi connectivity index (χ4n) is 3.78. The number of barbiturate groups is 1. The summed E-state index contributed by atoms with van der Waals surface area (Å²) in [6, 6.07) is 13.5. The van der Waals surface area contributed by atoms with Crippen LogP contribution in [0.1, 0.15) is 28.4 Å². The lowest BCUT2D eigenvalue weighted by Gasteiger charge is -2.26. The second-order valence-corrected chi connectivity index (χ2v) is 8.59. The maximum atomic E-state index is 13.5. The van der Waals surface area contributed by atoms with Gasteiger partial charge in [0.25, 0.3) is 11.8 Å². The van der Waals surface area contributed by atoms with E-state index in [0.717, 1.165) is 4.90 Å². The molecule has 1 aliphatic heterocycles. The third kappa shape index (κ3) is 6.07. The van der Waals surface area contributed by atoms with E-state index in [1.165, 1.54) is 61.7 Å². The molecule has 3 aromatic carbocycles. The molecule has 0 atom stereocenters. The van der Waals surface area contributed by atoms with Crippen LogP contribution in [-0.2, 0) is 20.9 Å². The zero-order chi connectivity index (χ0) is 28.1. The van der Waals surface area contributed by atoms with Crippen molar-refractivity contribution in [2.75, 3.05) is 18.6 Å². The van der Waals surface area contributed by atoms with Crippen LogP contribution in [0.2, 0.25) is 5.02 Å². The van der Waals surface area contributed by atoms with Gasteiger partial charge in [-0.25, -0.2) is 18.9 Å². The second-order valence-electron chi connectivity index (χ2n) is 8.18. The van der Waals surface area contributed by atoms with E-state index in [1.54, 1.807) is 19.1 Å². The highest BCUT2D eigenvalue weighted by atomic mass is 35.5. The van der Waals surface area contributed by atoms with Crippen molar-refractivity contribution in [1.29, 1.82) is 0 Å². The second kappa shape index (κ2) is 11.8. The molecule has 0 aromatic heterocycles. The zero-order valence-corrected chi connectivity index (χ0v) is 21.6. The number of esters is 1. The molecule has 0 unspecified atom stereocenters. The van der Waals surface area contributed by atoms with Crippen LogP contribution in [0.3, 0.4) is 0 Å². The number of carbonyl (C=O) groups excluding carboxylic acids is 4. The SMILES string of the molecule is CCOc1cc(/C=C2\C(=O)NC(=O)N(c3ccc(C(=O)OC)cc3)C2=O)cc(Cl)c1OCc1cccc(F)c1. The number of amides is 4. The molecule has 0 saturated carbocycles. The summed E-state index contributed by atoms with van der Waals surface area (Å²) in [4.78, 5) is 50.8. The lowest BCUT2D eigenvalue weighted by atomic mass is 10.1. The van der Waals surface area contributed by atoms with Gasteiger partial charge in [0.1, 0.15) is 18.0 Å². The normalized spacial score (nSPS) is 14.3. The van der Waals surface area contributed by atoms with Gasteiger partial charge in [0.15, 0.2) is 11.5 Å². The van der Waals surface area contributed by atoms with Gasteiger partial charge in [-0.05, 0) is 72.7 Å². The van der Waals surface area contributed by atoms with Gasteiger partial charge in [-0.3, -0.25) is 14.9 Å². The number of benzene rings is 3. The first-order chi connectivity index (χ1) is 18.7. The zero-order valence-electron chi connectivity index (χ0n) is 20.8. The molecule has 0 bridgehead atoms. The summed E-state index contributed by atoms with van der Waals surface area (Å²) in [5, 5.41) is 2.26. The maximum Gasteiger partial charge on any atom is 0.337 e. The number of nitrogens with one attached hydrogen (secondary N) is 1. The summed E-state index contributed by atoms with van der Waals surface area (Å²) in [5.74, 6) is -2.33. The van der Waals surface area contributed by atoms with E-state index in [2.05, 4.69) is 10.1 Å². The van der Waals surface area contributed by atoms with Gasteiger partial charge in [-0.15, -0.1) is 0 Å². The Morgan fingerprint density at radius 3 is 2.46 bits per heavy atom. The van der Waals surface area contributed by atoms with E-state index in [1.807, 2.05) is 0 Å². The third-order valence-corrected chi connectivity index (χ3v) is 5.84. The molecule has 39 heavy (non-hydrogen) atoms. The van der Waals surface area contributed by atoms with Crippen LogP contribution in [0, 0.1) is 5.82 Å². The van der Waals surface area contributed by atoms with Gasteiger partial charge < -0.3 is 14.2 Å². The fourth-order valence-corrected chi connectivity index (χ4v) is 4.05. The van der Waals surface area contributed by atoms with Crippen LogP contribution >= 0.6 is 11.6 Å². The highest BCUT2D eigenvalue weighted by Gasteiger charge is 2.37. The molecule has 1 saturated heterocycles. The highest BCUT2D eigenvalue weighted by Crippen LogP contribution is 2.38. The average Bonchev–Trinajstić information content (AvgIpc) is 2.90. The Balaban J connectivity index is 1.64. The van der Waals surface area contributed by atoms with Crippen molar-refractivity contribution in [2.24, 2.45) is 0 Å². The Morgan fingerprint density at radius 2 is 1.79 bits per heavy atom. The Hall–Kier alpha value is -4.70.